The first-order valence-electron chi connectivity index (χ1n) is 5.84. The van der Waals surface area contributed by atoms with E-state index in [1.165, 1.54) is 0 Å². The highest BCUT2D eigenvalue weighted by Crippen LogP contribution is 2.22. The zero-order valence-corrected chi connectivity index (χ0v) is 12.0. The molecule has 1 unspecified atom stereocenters. The molecule has 1 amide bonds. The minimum absolute atomic E-state index is 0.120. The number of hydrogen-bond donors (Lipinski definition) is 2. The standard InChI is InChI=1S/C14H14BrN3O/c1-9(10-4-2-5-11(16)8-10)14(19)18-13-12(15)6-3-7-17-13/h2-9H,16H2,1H3,(H,17,18,19). The summed E-state index contributed by atoms with van der Waals surface area (Å²) in [6.07, 6.45) is 1.63. The Morgan fingerprint density at radius 1 is 1.37 bits per heavy atom. The molecule has 0 radical (unpaired) electrons. The number of nitrogens with two attached hydrogens (primary N) is 1. The summed E-state index contributed by atoms with van der Waals surface area (Å²) in [6.45, 7) is 1.83. The molecule has 2 rings (SSSR count). The molecule has 0 aliphatic carbocycles. The van der Waals surface area contributed by atoms with E-state index in [-0.39, 0.29) is 11.8 Å². The second-order valence-corrected chi connectivity index (χ2v) is 5.07. The number of amides is 1. The van der Waals surface area contributed by atoms with Gasteiger partial charge in [-0.15, -0.1) is 0 Å². The van der Waals surface area contributed by atoms with E-state index in [1.807, 2.05) is 25.1 Å². The molecule has 0 saturated heterocycles. The molecule has 2 aromatic rings. The molecule has 0 spiro atoms. The topological polar surface area (TPSA) is 68.0 Å². The van der Waals surface area contributed by atoms with Gasteiger partial charge < -0.3 is 11.1 Å². The van der Waals surface area contributed by atoms with E-state index in [0.29, 0.717) is 11.5 Å². The Hall–Kier alpha value is -1.88. The van der Waals surface area contributed by atoms with Crippen molar-refractivity contribution in [2.24, 2.45) is 0 Å². The molecule has 4 nitrogen and oxygen atoms in total. The number of carbonyl (C=O) groups is 1. The van der Waals surface area contributed by atoms with Crippen LogP contribution in [-0.4, -0.2) is 10.9 Å². The first-order chi connectivity index (χ1) is 9.08. The van der Waals surface area contributed by atoms with Gasteiger partial charge in [0.05, 0.1) is 10.4 Å². The minimum Gasteiger partial charge on any atom is -0.399 e. The lowest BCUT2D eigenvalue weighted by molar-refractivity contribution is -0.117. The summed E-state index contributed by atoms with van der Waals surface area (Å²) in [5.41, 5.74) is 7.25. The number of nitrogens with one attached hydrogen (secondary N) is 1. The summed E-state index contributed by atoms with van der Waals surface area (Å²) in [5.74, 6) is 0.102. The number of rotatable bonds is 3. The molecule has 0 aliphatic rings. The molecule has 98 valence electrons. The molecule has 0 bridgehead atoms. The highest BCUT2D eigenvalue weighted by Gasteiger charge is 2.16. The van der Waals surface area contributed by atoms with Crippen LogP contribution >= 0.6 is 15.9 Å². The number of hydrogen-bond acceptors (Lipinski definition) is 3. The molecule has 0 aliphatic heterocycles. The number of benzene rings is 1. The van der Waals surface area contributed by atoms with Crippen molar-refractivity contribution in [3.63, 3.8) is 0 Å². The van der Waals surface area contributed by atoms with Crippen LogP contribution in [0, 0.1) is 0 Å². The summed E-state index contributed by atoms with van der Waals surface area (Å²) >= 11 is 3.34. The first kappa shape index (κ1) is 13.5. The van der Waals surface area contributed by atoms with Crippen molar-refractivity contribution in [2.75, 3.05) is 11.1 Å². The van der Waals surface area contributed by atoms with Crippen LogP contribution in [0.15, 0.2) is 47.1 Å². The van der Waals surface area contributed by atoms with Crippen molar-refractivity contribution in [1.82, 2.24) is 4.98 Å². The van der Waals surface area contributed by atoms with Crippen molar-refractivity contribution >= 4 is 33.3 Å². The van der Waals surface area contributed by atoms with E-state index in [9.17, 15) is 4.79 Å². The highest BCUT2D eigenvalue weighted by molar-refractivity contribution is 9.10. The molecular formula is C14H14BrN3O. The molecule has 1 heterocycles. The van der Waals surface area contributed by atoms with Gasteiger partial charge in [-0.1, -0.05) is 12.1 Å². The van der Waals surface area contributed by atoms with Crippen LogP contribution in [0.5, 0.6) is 0 Å². The number of nitrogen functional groups attached to an aromatic ring is 1. The second kappa shape index (κ2) is 5.84. The molecule has 5 heteroatoms. The summed E-state index contributed by atoms with van der Waals surface area (Å²) in [6, 6.07) is 10.9. The normalized spacial score (nSPS) is 11.9. The predicted molar refractivity (Wildman–Crippen MR) is 79.8 cm³/mol. The number of halogens is 1. The molecule has 1 aromatic carbocycles. The third-order valence-corrected chi connectivity index (χ3v) is 3.44. The molecule has 1 aromatic heterocycles. The van der Waals surface area contributed by atoms with Crippen molar-refractivity contribution < 1.29 is 4.79 Å². The smallest absolute Gasteiger partial charge is 0.232 e. The van der Waals surface area contributed by atoms with Gasteiger partial charge in [0.15, 0.2) is 0 Å². The molecule has 3 N–H and O–H groups in total. The van der Waals surface area contributed by atoms with Crippen molar-refractivity contribution in [3.8, 4) is 0 Å². The largest absolute Gasteiger partial charge is 0.399 e. The van der Waals surface area contributed by atoms with Crippen molar-refractivity contribution in [1.29, 1.82) is 0 Å². The fourth-order valence-electron chi connectivity index (χ4n) is 1.68. The zero-order valence-electron chi connectivity index (χ0n) is 10.4. The van der Waals surface area contributed by atoms with Gasteiger partial charge in [0.1, 0.15) is 5.82 Å². The van der Waals surface area contributed by atoms with Gasteiger partial charge in [-0.25, -0.2) is 4.98 Å². The summed E-state index contributed by atoms with van der Waals surface area (Å²) < 4.78 is 0.753. The maximum atomic E-state index is 12.2. The number of aromatic nitrogens is 1. The van der Waals surface area contributed by atoms with Gasteiger partial charge in [0.25, 0.3) is 0 Å². The van der Waals surface area contributed by atoms with Gasteiger partial charge in [-0.2, -0.15) is 0 Å². The summed E-state index contributed by atoms with van der Waals surface area (Å²) in [5, 5.41) is 2.79. The highest BCUT2D eigenvalue weighted by atomic mass is 79.9. The average molecular weight is 320 g/mol. The van der Waals surface area contributed by atoms with E-state index < -0.39 is 0 Å². The van der Waals surface area contributed by atoms with E-state index in [4.69, 9.17) is 5.73 Å². The molecule has 19 heavy (non-hydrogen) atoms. The third-order valence-electron chi connectivity index (χ3n) is 2.80. The van der Waals surface area contributed by atoms with Crippen LogP contribution in [-0.2, 0) is 4.79 Å². The Morgan fingerprint density at radius 3 is 2.84 bits per heavy atom. The second-order valence-electron chi connectivity index (χ2n) is 4.21. The number of carbonyl (C=O) groups excluding carboxylic acids is 1. The monoisotopic (exact) mass is 319 g/mol. The van der Waals surface area contributed by atoms with Crippen molar-refractivity contribution in [3.05, 3.63) is 52.6 Å². The lowest BCUT2D eigenvalue weighted by Gasteiger charge is -2.13. The molecule has 0 saturated carbocycles. The first-order valence-corrected chi connectivity index (χ1v) is 6.64. The third kappa shape index (κ3) is 3.32. The maximum absolute atomic E-state index is 12.2. The van der Waals surface area contributed by atoms with Crippen LogP contribution < -0.4 is 11.1 Å². The molecule has 1 atom stereocenters. The predicted octanol–water partition coefficient (Wildman–Crippen LogP) is 3.17. The lowest BCUT2D eigenvalue weighted by Crippen LogP contribution is -2.19. The van der Waals surface area contributed by atoms with Gasteiger partial charge in [0.2, 0.25) is 5.91 Å². The maximum Gasteiger partial charge on any atom is 0.232 e. The van der Waals surface area contributed by atoms with Crippen LogP contribution in [0.2, 0.25) is 0 Å². The van der Waals surface area contributed by atoms with Gasteiger partial charge >= 0.3 is 0 Å². The Morgan fingerprint density at radius 2 is 2.16 bits per heavy atom. The SMILES string of the molecule is CC(C(=O)Nc1ncccc1Br)c1cccc(N)c1. The summed E-state index contributed by atoms with van der Waals surface area (Å²) in [4.78, 5) is 16.3. The van der Waals surface area contributed by atoms with Crippen LogP contribution in [0.25, 0.3) is 0 Å². The van der Waals surface area contributed by atoms with Gasteiger partial charge in [0, 0.05) is 11.9 Å². The number of nitrogens with zero attached hydrogens (tertiary/aromatic N) is 1. The number of anilines is 2. The van der Waals surface area contributed by atoms with Crippen LogP contribution in [0.3, 0.4) is 0 Å². The van der Waals surface area contributed by atoms with E-state index in [0.717, 1.165) is 10.0 Å². The Labute approximate surface area is 120 Å². The Balaban J connectivity index is 2.14. The minimum atomic E-state index is -0.294. The van der Waals surface area contributed by atoms with Crippen molar-refractivity contribution in [2.45, 2.75) is 12.8 Å². The lowest BCUT2D eigenvalue weighted by atomic mass is 10.00. The average Bonchev–Trinajstić information content (AvgIpc) is 2.40. The van der Waals surface area contributed by atoms with Gasteiger partial charge in [-0.3, -0.25) is 4.79 Å². The molecular weight excluding hydrogens is 306 g/mol. The quantitative estimate of drug-likeness (QED) is 0.854. The zero-order chi connectivity index (χ0) is 13.8. The van der Waals surface area contributed by atoms with Gasteiger partial charge in [-0.05, 0) is 52.7 Å². The van der Waals surface area contributed by atoms with Crippen LogP contribution in [0.1, 0.15) is 18.4 Å². The Bertz CT molecular complexity index is 601. The Kier molecular flexibility index (Phi) is 4.16. The molecule has 0 fully saturated rings. The number of pyridine rings is 1. The fourth-order valence-corrected chi connectivity index (χ4v) is 2.04. The fraction of sp³-hybridized carbons (Fsp3) is 0.143. The van der Waals surface area contributed by atoms with E-state index >= 15 is 0 Å². The van der Waals surface area contributed by atoms with E-state index in [2.05, 4.69) is 26.2 Å². The van der Waals surface area contributed by atoms with E-state index in [1.54, 1.807) is 24.4 Å². The summed E-state index contributed by atoms with van der Waals surface area (Å²) in [7, 11) is 0. The van der Waals surface area contributed by atoms with Crippen LogP contribution in [0.4, 0.5) is 11.5 Å².